The Labute approximate surface area is 208 Å². The van der Waals surface area contributed by atoms with Crippen LogP contribution in [0.15, 0.2) is 91.0 Å². The summed E-state index contributed by atoms with van der Waals surface area (Å²) >= 11 is 0. The number of hydrogen-bond acceptors (Lipinski definition) is 5. The van der Waals surface area contributed by atoms with E-state index in [0.717, 1.165) is 15.6 Å². The molecule has 0 spiro atoms. The molecule has 0 amide bonds. The van der Waals surface area contributed by atoms with Crippen molar-refractivity contribution in [3.05, 3.63) is 91.0 Å². The number of Topliss-reactive ketones (excluding diaryl/α,β-unsaturated/α-hetero) is 1. The molecule has 1 heterocycles. The van der Waals surface area contributed by atoms with Crippen LogP contribution in [-0.4, -0.2) is 49.9 Å². The number of benzene rings is 3. The molecule has 4 rings (SSSR count). The van der Waals surface area contributed by atoms with E-state index in [-0.39, 0.29) is 18.3 Å². The van der Waals surface area contributed by atoms with E-state index >= 15 is 0 Å². The molecule has 1 N–H and O–H groups in total. The second-order valence-corrected chi connectivity index (χ2v) is 13.1. The van der Waals surface area contributed by atoms with Gasteiger partial charge in [0.25, 0.3) is 8.32 Å². The van der Waals surface area contributed by atoms with Gasteiger partial charge in [-0.15, -0.1) is 0 Å². The number of carbonyl (C=O) groups excluding carboxylic acids is 1. The third kappa shape index (κ3) is 5.32. The molecule has 184 valence electrons. The van der Waals surface area contributed by atoms with E-state index in [0.29, 0.717) is 0 Å². The third-order valence-corrected chi connectivity index (χ3v) is 10.5. The first-order valence-corrected chi connectivity index (χ1v) is 14.0. The minimum Gasteiger partial charge on any atom is -0.391 e. The number of ketones is 1. The van der Waals surface area contributed by atoms with Gasteiger partial charge in [0.1, 0.15) is 12.2 Å². The summed E-state index contributed by atoms with van der Waals surface area (Å²) in [6.07, 6.45) is -2.92. The van der Waals surface area contributed by atoms with Gasteiger partial charge in [-0.1, -0.05) is 105 Å². The number of ether oxygens (including phenoxy) is 2. The summed E-state index contributed by atoms with van der Waals surface area (Å²) in [4.78, 5) is 13.9. The molecule has 1 aliphatic heterocycles. The topological polar surface area (TPSA) is 65.0 Å². The van der Waals surface area contributed by atoms with Crippen LogP contribution in [0.3, 0.4) is 0 Å². The summed E-state index contributed by atoms with van der Waals surface area (Å²) in [6, 6.07) is 30.1. The van der Waals surface area contributed by atoms with Gasteiger partial charge in [0.05, 0.1) is 12.7 Å². The second kappa shape index (κ2) is 10.6. The Hall–Kier alpha value is -2.61. The number of aliphatic hydroxyl groups is 1. The van der Waals surface area contributed by atoms with E-state index in [9.17, 15) is 9.90 Å². The molecule has 5 nitrogen and oxygen atoms in total. The van der Waals surface area contributed by atoms with Gasteiger partial charge in [0.2, 0.25) is 0 Å². The van der Waals surface area contributed by atoms with E-state index < -0.39 is 32.4 Å². The van der Waals surface area contributed by atoms with Crippen LogP contribution < -0.4 is 15.6 Å². The lowest BCUT2D eigenvalue weighted by Crippen LogP contribution is -2.72. The maximum absolute atomic E-state index is 13.9. The highest BCUT2D eigenvalue weighted by Gasteiger charge is 2.49. The molecular formula is C29H34O5Si. The zero-order chi connectivity index (χ0) is 25.1. The first kappa shape index (κ1) is 25.5. The summed E-state index contributed by atoms with van der Waals surface area (Å²) < 4.78 is 18.7. The fraction of sp³-hybridized carbons (Fsp3) is 0.345. The summed E-state index contributed by atoms with van der Waals surface area (Å²) in [5, 5.41) is 14.3. The molecule has 0 aliphatic carbocycles. The molecule has 1 saturated heterocycles. The number of rotatable bonds is 9. The molecule has 3 atom stereocenters. The molecule has 1 fully saturated rings. The highest BCUT2D eigenvalue weighted by molar-refractivity contribution is 7.07. The van der Waals surface area contributed by atoms with Crippen molar-refractivity contribution in [2.45, 2.75) is 51.8 Å². The van der Waals surface area contributed by atoms with Gasteiger partial charge in [0, 0.05) is 0 Å². The van der Waals surface area contributed by atoms with E-state index in [4.69, 9.17) is 13.9 Å². The van der Waals surface area contributed by atoms with Gasteiger partial charge in [-0.3, -0.25) is 4.79 Å². The molecule has 35 heavy (non-hydrogen) atoms. The average molecular weight is 491 g/mol. The minimum atomic E-state index is -3.22. The lowest BCUT2D eigenvalue weighted by molar-refractivity contribution is -0.160. The Balaban J connectivity index is 1.89. The van der Waals surface area contributed by atoms with Crippen molar-refractivity contribution >= 4 is 29.7 Å². The van der Waals surface area contributed by atoms with E-state index in [2.05, 4.69) is 0 Å². The Morgan fingerprint density at radius 2 is 1.31 bits per heavy atom. The lowest BCUT2D eigenvalue weighted by Gasteiger charge is -2.39. The van der Waals surface area contributed by atoms with Gasteiger partial charge in [-0.05, 0) is 35.3 Å². The summed E-state index contributed by atoms with van der Waals surface area (Å²) in [5.74, 6) is -1.36. The zero-order valence-corrected chi connectivity index (χ0v) is 21.8. The molecule has 6 heteroatoms. The molecule has 0 radical (unpaired) electrons. The first-order valence-electron chi connectivity index (χ1n) is 12.1. The molecule has 3 aromatic rings. The van der Waals surface area contributed by atoms with Crippen LogP contribution in [-0.2, 0) is 18.7 Å². The molecule has 1 aliphatic rings. The zero-order valence-electron chi connectivity index (χ0n) is 20.8. The molecule has 0 aromatic heterocycles. The molecular weight excluding hydrogens is 456 g/mol. The summed E-state index contributed by atoms with van der Waals surface area (Å²) in [7, 11) is -3.22. The fourth-order valence-corrected chi connectivity index (χ4v) is 8.60. The predicted molar refractivity (Wildman–Crippen MR) is 140 cm³/mol. The standard InChI is InChI=1S/C29H34O5Si/c1-21(2)26(30)28(27(31)25-20-32-29(3,4)33-25)34-35(22-14-8-5-9-15-22,23-16-10-6-11-17-23)24-18-12-7-13-19-24/h5-19,21,25-26,28,30H,20H2,1-4H3/t25-,26-,28+/m0/s1. The maximum atomic E-state index is 13.9. The Kier molecular flexibility index (Phi) is 7.69. The van der Waals surface area contributed by atoms with Crippen LogP contribution >= 0.6 is 0 Å². The van der Waals surface area contributed by atoms with Gasteiger partial charge in [-0.25, -0.2) is 0 Å². The summed E-state index contributed by atoms with van der Waals surface area (Å²) in [6.45, 7) is 7.48. The Morgan fingerprint density at radius 3 is 1.66 bits per heavy atom. The third-order valence-electron chi connectivity index (χ3n) is 6.44. The Bertz CT molecular complexity index is 1010. The van der Waals surface area contributed by atoms with Crippen LogP contribution in [0.1, 0.15) is 27.7 Å². The van der Waals surface area contributed by atoms with Crippen molar-refractivity contribution < 1.29 is 23.8 Å². The van der Waals surface area contributed by atoms with Crippen LogP contribution in [0.4, 0.5) is 0 Å². The minimum absolute atomic E-state index is 0.132. The molecule has 0 bridgehead atoms. The van der Waals surface area contributed by atoms with Crippen molar-refractivity contribution in [3.8, 4) is 0 Å². The van der Waals surface area contributed by atoms with Gasteiger partial charge in [0.15, 0.2) is 11.6 Å². The highest BCUT2D eigenvalue weighted by atomic mass is 28.4. The van der Waals surface area contributed by atoms with E-state index in [1.54, 1.807) is 13.8 Å². The maximum Gasteiger partial charge on any atom is 0.289 e. The predicted octanol–water partition coefficient (Wildman–Crippen LogP) is 2.78. The molecule has 3 aromatic carbocycles. The van der Waals surface area contributed by atoms with Gasteiger partial charge < -0.3 is 19.0 Å². The molecule has 0 unspecified atom stereocenters. The van der Waals surface area contributed by atoms with Crippen molar-refractivity contribution in [1.29, 1.82) is 0 Å². The lowest BCUT2D eigenvalue weighted by atomic mass is 9.97. The van der Waals surface area contributed by atoms with Crippen LogP contribution in [0.2, 0.25) is 0 Å². The van der Waals surface area contributed by atoms with Crippen molar-refractivity contribution in [2.24, 2.45) is 5.92 Å². The smallest absolute Gasteiger partial charge is 0.289 e. The number of carbonyl (C=O) groups is 1. The highest BCUT2D eigenvalue weighted by Crippen LogP contribution is 2.27. The number of hydrogen-bond donors (Lipinski definition) is 1. The first-order chi connectivity index (χ1) is 16.7. The Morgan fingerprint density at radius 1 is 0.886 bits per heavy atom. The molecule has 0 saturated carbocycles. The van der Waals surface area contributed by atoms with Crippen LogP contribution in [0, 0.1) is 5.92 Å². The second-order valence-electron chi connectivity index (χ2n) is 9.77. The quantitative estimate of drug-likeness (QED) is 0.369. The van der Waals surface area contributed by atoms with E-state index in [1.807, 2.05) is 105 Å². The van der Waals surface area contributed by atoms with Gasteiger partial charge >= 0.3 is 0 Å². The van der Waals surface area contributed by atoms with Crippen LogP contribution in [0.25, 0.3) is 0 Å². The van der Waals surface area contributed by atoms with Crippen LogP contribution in [0.5, 0.6) is 0 Å². The SMILES string of the molecule is CC(C)[C@H](O)[C@@H](O[Si](c1ccccc1)(c1ccccc1)c1ccccc1)C(=O)[C@@H]1COC(C)(C)O1. The van der Waals surface area contributed by atoms with Gasteiger partial charge in [-0.2, -0.15) is 0 Å². The average Bonchev–Trinajstić information content (AvgIpc) is 3.25. The summed E-state index contributed by atoms with van der Waals surface area (Å²) in [5.41, 5.74) is 0. The normalized spacial score (nSPS) is 19.4. The van der Waals surface area contributed by atoms with E-state index in [1.165, 1.54) is 0 Å². The van der Waals surface area contributed by atoms with Crippen molar-refractivity contribution in [1.82, 2.24) is 0 Å². The van der Waals surface area contributed by atoms with Crippen molar-refractivity contribution in [2.75, 3.05) is 6.61 Å². The monoisotopic (exact) mass is 490 g/mol. The fourth-order valence-electron chi connectivity index (χ4n) is 4.57. The van der Waals surface area contributed by atoms with Crippen molar-refractivity contribution in [3.63, 3.8) is 0 Å². The largest absolute Gasteiger partial charge is 0.391 e. The number of aliphatic hydroxyl groups excluding tert-OH is 1.